The number of hydrogen-bond donors (Lipinski definition) is 1. The molecule has 1 amide bonds. The smallest absolute Gasteiger partial charge is 0.272 e. The van der Waals surface area contributed by atoms with Crippen LogP contribution in [-0.4, -0.2) is 35.4 Å². The largest absolute Gasteiger partial charge is 0.438 e. The summed E-state index contributed by atoms with van der Waals surface area (Å²) in [6, 6.07) is 21.3. The molecule has 4 rings (SSSR count). The molecule has 0 bridgehead atoms. The average molecular weight is 375 g/mol. The molecule has 2 heterocycles. The first-order valence-corrected chi connectivity index (χ1v) is 9.33. The minimum absolute atomic E-state index is 0.127. The van der Waals surface area contributed by atoms with Gasteiger partial charge in [0.15, 0.2) is 5.69 Å². The number of aromatic nitrogens is 2. The Morgan fingerprint density at radius 1 is 0.893 bits per heavy atom. The normalized spacial score (nSPS) is 14.4. The highest BCUT2D eigenvalue weighted by Crippen LogP contribution is 2.24. The first kappa shape index (κ1) is 18.1. The maximum absolute atomic E-state index is 12.3. The van der Waals surface area contributed by atoms with Crippen LogP contribution in [0.15, 0.2) is 66.7 Å². The number of nitrogens with zero attached hydrogens (tertiary/aromatic N) is 2. The van der Waals surface area contributed by atoms with Gasteiger partial charge in [-0.3, -0.25) is 4.79 Å². The number of amides is 1. The van der Waals surface area contributed by atoms with Gasteiger partial charge in [0, 0.05) is 25.3 Å². The van der Waals surface area contributed by atoms with E-state index in [4.69, 9.17) is 9.47 Å². The van der Waals surface area contributed by atoms with E-state index in [1.807, 2.05) is 42.5 Å². The van der Waals surface area contributed by atoms with Crippen molar-refractivity contribution in [2.75, 3.05) is 13.2 Å². The Morgan fingerprint density at radius 2 is 1.61 bits per heavy atom. The molecule has 2 aromatic carbocycles. The van der Waals surface area contributed by atoms with Crippen molar-refractivity contribution in [2.24, 2.45) is 0 Å². The summed E-state index contributed by atoms with van der Waals surface area (Å²) in [5.74, 6) is 0.779. The van der Waals surface area contributed by atoms with E-state index < -0.39 is 0 Å². The number of carbonyl (C=O) groups is 1. The zero-order chi connectivity index (χ0) is 19.2. The average Bonchev–Trinajstić information content (AvgIpc) is 2.76. The lowest BCUT2D eigenvalue weighted by atomic mass is 10.1. The van der Waals surface area contributed by atoms with Crippen LogP contribution in [0, 0.1) is 0 Å². The van der Waals surface area contributed by atoms with Gasteiger partial charge in [-0.25, -0.2) is 0 Å². The van der Waals surface area contributed by atoms with E-state index in [2.05, 4.69) is 27.6 Å². The summed E-state index contributed by atoms with van der Waals surface area (Å²) in [7, 11) is 0. The van der Waals surface area contributed by atoms with Gasteiger partial charge >= 0.3 is 0 Å². The molecule has 0 spiro atoms. The van der Waals surface area contributed by atoms with E-state index in [1.54, 1.807) is 12.1 Å². The molecule has 6 nitrogen and oxygen atoms in total. The molecule has 1 aromatic heterocycles. The highest BCUT2D eigenvalue weighted by atomic mass is 16.5. The van der Waals surface area contributed by atoms with Crippen LogP contribution in [0.5, 0.6) is 11.6 Å². The fourth-order valence-electron chi connectivity index (χ4n) is 3.06. The van der Waals surface area contributed by atoms with Crippen molar-refractivity contribution in [3.63, 3.8) is 0 Å². The van der Waals surface area contributed by atoms with Crippen LogP contribution in [0.1, 0.15) is 23.3 Å². The number of benzene rings is 2. The van der Waals surface area contributed by atoms with Crippen LogP contribution in [0.3, 0.4) is 0 Å². The highest BCUT2D eigenvalue weighted by molar-refractivity contribution is 5.92. The maximum atomic E-state index is 12.3. The predicted molar refractivity (Wildman–Crippen MR) is 105 cm³/mol. The van der Waals surface area contributed by atoms with Gasteiger partial charge in [-0.1, -0.05) is 42.5 Å². The third kappa shape index (κ3) is 4.53. The standard InChI is InChI=1S/C22H21N3O3/c26-22(23-18-12-14-27-15-13-18)20-10-11-21(25-24-20)28-19-8-6-17(7-9-19)16-4-2-1-3-5-16/h1-11,18H,12-15H2,(H,23,26). The molecule has 1 fully saturated rings. The second-order valence-corrected chi connectivity index (χ2v) is 6.61. The second kappa shape index (κ2) is 8.63. The van der Waals surface area contributed by atoms with E-state index >= 15 is 0 Å². The Hall–Kier alpha value is -3.25. The fraction of sp³-hybridized carbons (Fsp3) is 0.227. The van der Waals surface area contributed by atoms with Crippen LogP contribution < -0.4 is 10.1 Å². The Bertz CT molecular complexity index is 906. The number of ether oxygens (including phenoxy) is 2. The Labute approximate surface area is 163 Å². The van der Waals surface area contributed by atoms with E-state index in [1.165, 1.54) is 0 Å². The lowest BCUT2D eigenvalue weighted by Gasteiger charge is -2.22. The quantitative estimate of drug-likeness (QED) is 0.733. The van der Waals surface area contributed by atoms with E-state index in [0.29, 0.717) is 24.8 Å². The molecule has 0 saturated carbocycles. The first-order chi connectivity index (χ1) is 13.8. The SMILES string of the molecule is O=C(NC1CCOCC1)c1ccc(Oc2ccc(-c3ccccc3)cc2)nn1. The van der Waals surface area contributed by atoms with Gasteiger partial charge in [0.25, 0.3) is 5.91 Å². The summed E-state index contributed by atoms with van der Waals surface area (Å²) < 4.78 is 11.0. The zero-order valence-electron chi connectivity index (χ0n) is 15.4. The van der Waals surface area contributed by atoms with Crippen molar-refractivity contribution >= 4 is 5.91 Å². The van der Waals surface area contributed by atoms with Crippen molar-refractivity contribution in [1.29, 1.82) is 0 Å². The Balaban J connectivity index is 1.37. The summed E-state index contributed by atoms with van der Waals surface area (Å²) in [5, 5.41) is 11.0. The maximum Gasteiger partial charge on any atom is 0.272 e. The van der Waals surface area contributed by atoms with E-state index in [-0.39, 0.29) is 17.6 Å². The second-order valence-electron chi connectivity index (χ2n) is 6.61. The van der Waals surface area contributed by atoms with Crippen LogP contribution in [0.2, 0.25) is 0 Å². The lowest BCUT2D eigenvalue weighted by molar-refractivity contribution is 0.0693. The van der Waals surface area contributed by atoms with E-state index in [9.17, 15) is 4.79 Å². The molecule has 1 aliphatic heterocycles. The van der Waals surface area contributed by atoms with Gasteiger partial charge in [-0.2, -0.15) is 0 Å². The number of carbonyl (C=O) groups excluding carboxylic acids is 1. The first-order valence-electron chi connectivity index (χ1n) is 9.33. The minimum atomic E-state index is -0.224. The summed E-state index contributed by atoms with van der Waals surface area (Å²) in [4.78, 5) is 12.3. The van der Waals surface area contributed by atoms with Crippen LogP contribution in [0.25, 0.3) is 11.1 Å². The summed E-state index contributed by atoms with van der Waals surface area (Å²) in [5.41, 5.74) is 2.53. The third-order valence-corrected chi connectivity index (χ3v) is 4.61. The summed E-state index contributed by atoms with van der Waals surface area (Å²) in [6.45, 7) is 1.35. The van der Waals surface area contributed by atoms with Gasteiger partial charge in [0.1, 0.15) is 5.75 Å². The third-order valence-electron chi connectivity index (χ3n) is 4.61. The molecular weight excluding hydrogens is 354 g/mol. The monoisotopic (exact) mass is 375 g/mol. The Kier molecular flexibility index (Phi) is 5.58. The zero-order valence-corrected chi connectivity index (χ0v) is 15.4. The molecule has 3 aromatic rings. The molecule has 0 atom stereocenters. The molecule has 0 aliphatic carbocycles. The molecule has 1 saturated heterocycles. The topological polar surface area (TPSA) is 73.3 Å². The predicted octanol–water partition coefficient (Wildman–Crippen LogP) is 3.84. The van der Waals surface area contributed by atoms with Crippen molar-refractivity contribution in [2.45, 2.75) is 18.9 Å². The highest BCUT2D eigenvalue weighted by Gasteiger charge is 2.18. The Morgan fingerprint density at radius 3 is 2.29 bits per heavy atom. The number of nitrogens with one attached hydrogen (secondary N) is 1. The minimum Gasteiger partial charge on any atom is -0.438 e. The molecular formula is C22H21N3O3. The molecule has 142 valence electrons. The molecule has 6 heteroatoms. The molecule has 0 radical (unpaired) electrons. The van der Waals surface area contributed by atoms with Gasteiger partial charge in [0.2, 0.25) is 5.88 Å². The number of hydrogen-bond acceptors (Lipinski definition) is 5. The summed E-state index contributed by atoms with van der Waals surface area (Å²) >= 11 is 0. The fourth-order valence-corrected chi connectivity index (χ4v) is 3.06. The van der Waals surface area contributed by atoms with Gasteiger partial charge < -0.3 is 14.8 Å². The van der Waals surface area contributed by atoms with Crippen molar-refractivity contribution in [3.8, 4) is 22.8 Å². The number of rotatable bonds is 5. The van der Waals surface area contributed by atoms with Gasteiger partial charge in [-0.05, 0) is 42.2 Å². The van der Waals surface area contributed by atoms with Crippen molar-refractivity contribution in [1.82, 2.24) is 15.5 Å². The van der Waals surface area contributed by atoms with Crippen molar-refractivity contribution in [3.05, 3.63) is 72.4 Å². The molecule has 0 unspecified atom stereocenters. The van der Waals surface area contributed by atoms with Crippen LogP contribution in [0.4, 0.5) is 0 Å². The molecule has 1 aliphatic rings. The van der Waals surface area contributed by atoms with Crippen LogP contribution in [-0.2, 0) is 4.74 Å². The van der Waals surface area contributed by atoms with E-state index in [0.717, 1.165) is 24.0 Å². The van der Waals surface area contributed by atoms with Crippen molar-refractivity contribution < 1.29 is 14.3 Å². The molecule has 28 heavy (non-hydrogen) atoms. The lowest BCUT2D eigenvalue weighted by Crippen LogP contribution is -2.39. The molecule has 1 N–H and O–H groups in total. The van der Waals surface area contributed by atoms with Gasteiger partial charge in [-0.15, -0.1) is 10.2 Å². The summed E-state index contributed by atoms with van der Waals surface area (Å²) in [6.07, 6.45) is 1.64. The van der Waals surface area contributed by atoms with Crippen LogP contribution >= 0.6 is 0 Å². The van der Waals surface area contributed by atoms with Gasteiger partial charge in [0.05, 0.1) is 0 Å².